The lowest BCUT2D eigenvalue weighted by atomic mass is 9.82. The van der Waals surface area contributed by atoms with Crippen LogP contribution in [0.2, 0.25) is 0 Å². The second-order valence-corrected chi connectivity index (χ2v) is 3.77. The van der Waals surface area contributed by atoms with Crippen LogP contribution in [0.1, 0.15) is 27.2 Å². The summed E-state index contributed by atoms with van der Waals surface area (Å²) in [7, 11) is 0. The van der Waals surface area contributed by atoms with Crippen molar-refractivity contribution in [3.05, 3.63) is 11.6 Å². The number of amidine groups is 1. The van der Waals surface area contributed by atoms with E-state index in [2.05, 4.69) is 25.8 Å². The molecule has 0 unspecified atom stereocenters. The maximum Gasteiger partial charge on any atom is 0.118 e. The maximum absolute atomic E-state index is 5.62. The van der Waals surface area contributed by atoms with Crippen LogP contribution in [0.25, 0.3) is 0 Å². The molecule has 0 aromatic rings. The highest BCUT2D eigenvalue weighted by Crippen LogP contribution is 2.30. The van der Waals surface area contributed by atoms with Crippen LogP contribution in [0.5, 0.6) is 0 Å². The molecule has 0 bridgehead atoms. The molecular weight excluding hydrogens is 136 g/mol. The van der Waals surface area contributed by atoms with Crippen LogP contribution >= 0.6 is 0 Å². The second-order valence-electron chi connectivity index (χ2n) is 3.77. The van der Waals surface area contributed by atoms with E-state index in [1.165, 1.54) is 5.57 Å². The van der Waals surface area contributed by atoms with Gasteiger partial charge >= 0.3 is 0 Å². The minimum absolute atomic E-state index is 0.268. The van der Waals surface area contributed by atoms with Crippen LogP contribution in [0.15, 0.2) is 16.6 Å². The molecule has 0 atom stereocenters. The average molecular weight is 152 g/mol. The Balaban J connectivity index is 2.90. The van der Waals surface area contributed by atoms with E-state index >= 15 is 0 Å². The van der Waals surface area contributed by atoms with E-state index in [4.69, 9.17) is 5.73 Å². The molecule has 0 amide bonds. The number of nitrogens with zero attached hydrogens (tertiary/aromatic N) is 1. The second kappa shape index (κ2) is 2.68. The fraction of sp³-hybridized carbons (Fsp3) is 0.667. The summed E-state index contributed by atoms with van der Waals surface area (Å²) in [5, 5.41) is 0. The highest BCUT2D eigenvalue weighted by atomic mass is 14.8. The first kappa shape index (κ1) is 8.31. The molecule has 0 saturated carbocycles. The Labute approximate surface area is 68.2 Å². The molecule has 0 aliphatic carbocycles. The number of aliphatic imine (C=N–C) groups is 1. The molecule has 62 valence electrons. The summed E-state index contributed by atoms with van der Waals surface area (Å²) in [4.78, 5) is 4.19. The first-order valence-corrected chi connectivity index (χ1v) is 4.01. The summed E-state index contributed by atoms with van der Waals surface area (Å²) in [6.07, 6.45) is 3.07. The van der Waals surface area contributed by atoms with Crippen molar-refractivity contribution >= 4 is 5.84 Å². The highest BCUT2D eigenvalue weighted by molar-refractivity contribution is 5.92. The topological polar surface area (TPSA) is 38.4 Å². The zero-order valence-electron chi connectivity index (χ0n) is 7.52. The van der Waals surface area contributed by atoms with Crippen molar-refractivity contribution in [2.45, 2.75) is 27.2 Å². The molecule has 0 aromatic carbocycles. The van der Waals surface area contributed by atoms with E-state index < -0.39 is 0 Å². The van der Waals surface area contributed by atoms with Gasteiger partial charge < -0.3 is 5.73 Å². The molecule has 0 aromatic heterocycles. The molecule has 11 heavy (non-hydrogen) atoms. The van der Waals surface area contributed by atoms with Gasteiger partial charge in [0.1, 0.15) is 5.84 Å². The third-order valence-electron chi connectivity index (χ3n) is 2.46. The summed E-state index contributed by atoms with van der Waals surface area (Å²) in [6, 6.07) is 0. The fourth-order valence-electron chi connectivity index (χ4n) is 1.12. The Hall–Kier alpha value is -0.790. The minimum atomic E-state index is 0.268. The van der Waals surface area contributed by atoms with Crippen molar-refractivity contribution < 1.29 is 0 Å². The Kier molecular flexibility index (Phi) is 2.03. The molecule has 0 fully saturated rings. The molecule has 1 heterocycles. The molecule has 0 radical (unpaired) electrons. The largest absolute Gasteiger partial charge is 0.384 e. The Morgan fingerprint density at radius 3 is 2.82 bits per heavy atom. The summed E-state index contributed by atoms with van der Waals surface area (Å²) in [5.74, 6) is 0.674. The third kappa shape index (κ3) is 1.82. The first-order chi connectivity index (χ1) is 5.02. The zero-order chi connectivity index (χ0) is 8.48. The van der Waals surface area contributed by atoms with Gasteiger partial charge in [-0.2, -0.15) is 0 Å². The predicted octanol–water partition coefficient (Wildman–Crippen LogP) is 1.72. The van der Waals surface area contributed by atoms with Crippen molar-refractivity contribution in [2.24, 2.45) is 16.1 Å². The van der Waals surface area contributed by atoms with Gasteiger partial charge in [0, 0.05) is 6.54 Å². The fourth-order valence-corrected chi connectivity index (χ4v) is 1.12. The molecule has 1 aliphatic rings. The Bertz CT molecular complexity index is 212. The minimum Gasteiger partial charge on any atom is -0.384 e. The van der Waals surface area contributed by atoms with E-state index in [0.717, 1.165) is 13.0 Å². The number of nitrogens with two attached hydrogens (primary N) is 1. The lowest BCUT2D eigenvalue weighted by Gasteiger charge is -2.23. The van der Waals surface area contributed by atoms with Gasteiger partial charge in [0.05, 0.1) is 0 Å². The molecule has 2 N–H and O–H groups in total. The SMILES string of the molecule is CC1=CC(N)=NCCC1(C)C. The van der Waals surface area contributed by atoms with Gasteiger partial charge in [-0.25, -0.2) is 0 Å². The van der Waals surface area contributed by atoms with Gasteiger partial charge in [-0.05, 0) is 24.8 Å². The Morgan fingerprint density at radius 2 is 2.18 bits per heavy atom. The molecule has 1 aliphatic heterocycles. The average Bonchev–Trinajstić information content (AvgIpc) is 1.94. The van der Waals surface area contributed by atoms with Crippen LogP contribution in [-0.2, 0) is 0 Å². The summed E-state index contributed by atoms with van der Waals surface area (Å²) in [6.45, 7) is 7.43. The van der Waals surface area contributed by atoms with Gasteiger partial charge in [0.15, 0.2) is 0 Å². The standard InChI is InChI=1S/C9H16N2/c1-7-6-8(10)11-5-4-9(7,2)3/h6H,4-5H2,1-3H3,(H2,10,11). The zero-order valence-corrected chi connectivity index (χ0v) is 7.52. The first-order valence-electron chi connectivity index (χ1n) is 4.01. The van der Waals surface area contributed by atoms with Crippen LogP contribution in [-0.4, -0.2) is 12.4 Å². The van der Waals surface area contributed by atoms with Crippen LogP contribution in [0.4, 0.5) is 0 Å². The predicted molar refractivity (Wildman–Crippen MR) is 48.6 cm³/mol. The normalized spacial score (nSPS) is 23.5. The van der Waals surface area contributed by atoms with Crippen molar-refractivity contribution in [1.29, 1.82) is 0 Å². The van der Waals surface area contributed by atoms with Crippen LogP contribution < -0.4 is 5.73 Å². The van der Waals surface area contributed by atoms with E-state index in [0.29, 0.717) is 5.84 Å². The van der Waals surface area contributed by atoms with Gasteiger partial charge in [0.2, 0.25) is 0 Å². The molecule has 2 nitrogen and oxygen atoms in total. The van der Waals surface area contributed by atoms with Crippen molar-refractivity contribution in [2.75, 3.05) is 6.54 Å². The summed E-state index contributed by atoms with van der Waals surface area (Å²) in [5.41, 5.74) is 7.22. The summed E-state index contributed by atoms with van der Waals surface area (Å²) < 4.78 is 0. The molecule has 0 saturated heterocycles. The smallest absolute Gasteiger partial charge is 0.118 e. The van der Waals surface area contributed by atoms with Crippen molar-refractivity contribution in [3.63, 3.8) is 0 Å². The lowest BCUT2D eigenvalue weighted by Crippen LogP contribution is -2.13. The van der Waals surface area contributed by atoms with Gasteiger partial charge in [-0.1, -0.05) is 19.4 Å². The van der Waals surface area contributed by atoms with E-state index in [1.54, 1.807) is 0 Å². The number of allylic oxidation sites excluding steroid dienone is 1. The monoisotopic (exact) mass is 152 g/mol. The number of hydrogen-bond acceptors (Lipinski definition) is 2. The van der Waals surface area contributed by atoms with Gasteiger partial charge in [0.25, 0.3) is 0 Å². The summed E-state index contributed by atoms with van der Waals surface area (Å²) >= 11 is 0. The van der Waals surface area contributed by atoms with Gasteiger partial charge in [-0.3, -0.25) is 4.99 Å². The maximum atomic E-state index is 5.62. The number of hydrogen-bond donors (Lipinski definition) is 1. The van der Waals surface area contributed by atoms with E-state index in [-0.39, 0.29) is 5.41 Å². The third-order valence-corrected chi connectivity index (χ3v) is 2.46. The molecular formula is C9H16N2. The van der Waals surface area contributed by atoms with E-state index in [9.17, 15) is 0 Å². The van der Waals surface area contributed by atoms with Crippen molar-refractivity contribution in [1.82, 2.24) is 0 Å². The molecule has 0 spiro atoms. The number of rotatable bonds is 0. The van der Waals surface area contributed by atoms with Crippen LogP contribution in [0, 0.1) is 5.41 Å². The lowest BCUT2D eigenvalue weighted by molar-refractivity contribution is 0.419. The molecule has 1 rings (SSSR count). The van der Waals surface area contributed by atoms with E-state index in [1.807, 2.05) is 6.08 Å². The molecule has 2 heteroatoms. The highest BCUT2D eigenvalue weighted by Gasteiger charge is 2.21. The van der Waals surface area contributed by atoms with Gasteiger partial charge in [-0.15, -0.1) is 0 Å². The quantitative estimate of drug-likeness (QED) is 0.564. The Morgan fingerprint density at radius 1 is 1.55 bits per heavy atom. The van der Waals surface area contributed by atoms with Crippen molar-refractivity contribution in [3.8, 4) is 0 Å². The van der Waals surface area contributed by atoms with Crippen LogP contribution in [0.3, 0.4) is 0 Å².